The fourth-order valence-electron chi connectivity index (χ4n) is 1.56. The van der Waals surface area contributed by atoms with Crippen LogP contribution < -0.4 is 11.1 Å². The van der Waals surface area contributed by atoms with Gasteiger partial charge in [0.05, 0.1) is 17.0 Å². The van der Waals surface area contributed by atoms with E-state index in [9.17, 15) is 4.79 Å². The molecule has 1 fully saturated rings. The van der Waals surface area contributed by atoms with Crippen molar-refractivity contribution in [1.29, 1.82) is 0 Å². The molecule has 1 aliphatic heterocycles. The lowest BCUT2D eigenvalue weighted by Crippen LogP contribution is -2.39. The van der Waals surface area contributed by atoms with Gasteiger partial charge in [0, 0.05) is 19.1 Å². The third-order valence-corrected chi connectivity index (χ3v) is 3.25. The minimum absolute atomic E-state index is 0.0957. The zero-order chi connectivity index (χ0) is 11.4. The lowest BCUT2D eigenvalue weighted by atomic mass is 10.0. The second kappa shape index (κ2) is 5.42. The Bertz CT molecular complexity index is 258. The first-order valence-corrected chi connectivity index (χ1v) is 5.61. The normalized spacial score (nSPS) is 27.3. The van der Waals surface area contributed by atoms with Crippen LogP contribution in [0.2, 0.25) is 0 Å². The maximum Gasteiger partial charge on any atom is 0.229 e. The van der Waals surface area contributed by atoms with Crippen LogP contribution in [0.1, 0.15) is 20.3 Å². The van der Waals surface area contributed by atoms with E-state index in [0.29, 0.717) is 12.5 Å². The predicted octanol–water partition coefficient (Wildman–Crippen LogP) is 0.450. The first-order valence-electron chi connectivity index (χ1n) is 5.21. The second-order valence-corrected chi connectivity index (χ2v) is 4.47. The molecule has 1 amide bonds. The molecule has 0 aromatic rings. The third kappa shape index (κ3) is 3.43. The molecule has 4 nitrogen and oxygen atoms in total. The first-order chi connectivity index (χ1) is 7.02. The van der Waals surface area contributed by atoms with Gasteiger partial charge >= 0.3 is 0 Å². The number of carbonyl (C=O) groups is 1. The van der Waals surface area contributed by atoms with Gasteiger partial charge in [0.25, 0.3) is 0 Å². The van der Waals surface area contributed by atoms with Crippen molar-refractivity contribution < 1.29 is 9.53 Å². The van der Waals surface area contributed by atoms with E-state index in [0.717, 1.165) is 13.0 Å². The minimum Gasteiger partial charge on any atom is -0.393 e. The van der Waals surface area contributed by atoms with Crippen molar-refractivity contribution in [2.24, 2.45) is 17.6 Å². The van der Waals surface area contributed by atoms with Crippen molar-refractivity contribution >= 4 is 23.1 Å². The Kier molecular flexibility index (Phi) is 4.47. The Hall–Kier alpha value is -0.680. The summed E-state index contributed by atoms with van der Waals surface area (Å²) in [6.07, 6.45) is 1.23. The summed E-state index contributed by atoms with van der Waals surface area (Å²) >= 11 is 4.76. The fraction of sp³-hybridized carbons (Fsp3) is 0.800. The van der Waals surface area contributed by atoms with E-state index >= 15 is 0 Å². The summed E-state index contributed by atoms with van der Waals surface area (Å²) in [5, 5.41) is 2.85. The predicted molar refractivity (Wildman–Crippen MR) is 62.5 cm³/mol. The Labute approximate surface area is 95.5 Å². The molecule has 1 rings (SSSR count). The van der Waals surface area contributed by atoms with E-state index in [1.54, 1.807) is 6.92 Å². The SMILES string of the molecule is CC(C(=O)NCC1CCOC1C)C(N)=S. The average molecular weight is 230 g/mol. The van der Waals surface area contributed by atoms with E-state index in [-0.39, 0.29) is 17.0 Å². The summed E-state index contributed by atoms with van der Waals surface area (Å²) < 4.78 is 5.40. The molecule has 1 aliphatic rings. The Morgan fingerprint density at radius 1 is 1.73 bits per heavy atom. The summed E-state index contributed by atoms with van der Waals surface area (Å²) in [5.74, 6) is -0.0771. The van der Waals surface area contributed by atoms with Crippen LogP contribution in [0.5, 0.6) is 0 Å². The monoisotopic (exact) mass is 230 g/mol. The van der Waals surface area contributed by atoms with E-state index in [2.05, 4.69) is 5.32 Å². The van der Waals surface area contributed by atoms with Gasteiger partial charge in [-0.05, 0) is 20.3 Å². The molecule has 3 unspecified atom stereocenters. The van der Waals surface area contributed by atoms with Gasteiger partial charge in [-0.15, -0.1) is 0 Å². The van der Waals surface area contributed by atoms with E-state index < -0.39 is 5.92 Å². The number of nitrogens with two attached hydrogens (primary N) is 1. The zero-order valence-corrected chi connectivity index (χ0v) is 9.97. The molecule has 0 aromatic carbocycles. The van der Waals surface area contributed by atoms with Gasteiger partial charge in [-0.3, -0.25) is 4.79 Å². The van der Waals surface area contributed by atoms with Crippen LogP contribution in [0.3, 0.4) is 0 Å². The zero-order valence-electron chi connectivity index (χ0n) is 9.16. The molecule has 0 aliphatic carbocycles. The van der Waals surface area contributed by atoms with E-state index in [1.165, 1.54) is 0 Å². The number of carbonyl (C=O) groups excluding carboxylic acids is 1. The van der Waals surface area contributed by atoms with Gasteiger partial charge in [0.15, 0.2) is 0 Å². The highest BCUT2D eigenvalue weighted by Crippen LogP contribution is 2.19. The number of hydrogen-bond acceptors (Lipinski definition) is 3. The molecular formula is C10H18N2O2S. The Morgan fingerprint density at radius 2 is 2.40 bits per heavy atom. The van der Waals surface area contributed by atoms with Crippen LogP contribution in [0.4, 0.5) is 0 Å². The van der Waals surface area contributed by atoms with Crippen molar-refractivity contribution in [1.82, 2.24) is 5.32 Å². The van der Waals surface area contributed by atoms with Crippen molar-refractivity contribution in [3.8, 4) is 0 Å². The molecule has 0 spiro atoms. The number of nitrogens with one attached hydrogen (secondary N) is 1. The lowest BCUT2D eigenvalue weighted by molar-refractivity contribution is -0.122. The van der Waals surface area contributed by atoms with E-state index in [4.69, 9.17) is 22.7 Å². The van der Waals surface area contributed by atoms with Crippen molar-refractivity contribution in [2.45, 2.75) is 26.4 Å². The number of rotatable bonds is 4. The molecule has 0 aromatic heterocycles. The van der Waals surface area contributed by atoms with Gasteiger partial charge in [-0.1, -0.05) is 12.2 Å². The van der Waals surface area contributed by atoms with Gasteiger partial charge in [-0.2, -0.15) is 0 Å². The molecule has 3 N–H and O–H groups in total. The molecule has 86 valence electrons. The molecular weight excluding hydrogens is 212 g/mol. The molecule has 0 bridgehead atoms. The van der Waals surface area contributed by atoms with E-state index in [1.807, 2.05) is 6.92 Å². The van der Waals surface area contributed by atoms with Crippen LogP contribution in [-0.4, -0.2) is 30.2 Å². The molecule has 0 saturated carbocycles. The smallest absolute Gasteiger partial charge is 0.229 e. The highest BCUT2D eigenvalue weighted by atomic mass is 32.1. The molecule has 15 heavy (non-hydrogen) atoms. The Morgan fingerprint density at radius 3 is 2.87 bits per heavy atom. The molecule has 1 saturated heterocycles. The minimum atomic E-state index is -0.391. The van der Waals surface area contributed by atoms with Crippen LogP contribution in [0.15, 0.2) is 0 Å². The Balaban J connectivity index is 2.30. The number of thiocarbonyl (C=S) groups is 1. The maximum atomic E-state index is 11.5. The molecule has 0 radical (unpaired) electrons. The van der Waals surface area contributed by atoms with Crippen molar-refractivity contribution in [2.75, 3.05) is 13.2 Å². The molecule has 5 heteroatoms. The van der Waals surface area contributed by atoms with Gasteiger partial charge < -0.3 is 15.8 Å². The topological polar surface area (TPSA) is 64.3 Å². The summed E-state index contributed by atoms with van der Waals surface area (Å²) in [7, 11) is 0. The highest BCUT2D eigenvalue weighted by molar-refractivity contribution is 7.80. The fourth-order valence-corrected chi connectivity index (χ4v) is 1.67. The number of ether oxygens (including phenoxy) is 1. The van der Waals surface area contributed by atoms with Gasteiger partial charge in [0.1, 0.15) is 0 Å². The third-order valence-electron chi connectivity index (χ3n) is 2.89. The largest absolute Gasteiger partial charge is 0.393 e. The number of amides is 1. The van der Waals surface area contributed by atoms with Crippen LogP contribution >= 0.6 is 12.2 Å². The van der Waals surface area contributed by atoms with Crippen LogP contribution in [0, 0.1) is 11.8 Å². The van der Waals surface area contributed by atoms with Gasteiger partial charge in [0.2, 0.25) is 5.91 Å². The van der Waals surface area contributed by atoms with Gasteiger partial charge in [-0.25, -0.2) is 0 Å². The average Bonchev–Trinajstić information content (AvgIpc) is 2.59. The highest BCUT2D eigenvalue weighted by Gasteiger charge is 2.25. The van der Waals surface area contributed by atoms with Crippen molar-refractivity contribution in [3.63, 3.8) is 0 Å². The second-order valence-electron chi connectivity index (χ2n) is 3.99. The summed E-state index contributed by atoms with van der Waals surface area (Å²) in [5.41, 5.74) is 5.39. The molecule has 3 atom stereocenters. The summed E-state index contributed by atoms with van der Waals surface area (Å²) in [6.45, 7) is 5.17. The van der Waals surface area contributed by atoms with Crippen LogP contribution in [-0.2, 0) is 9.53 Å². The van der Waals surface area contributed by atoms with Crippen LogP contribution in [0.25, 0.3) is 0 Å². The standard InChI is InChI=1S/C10H18N2O2S/c1-6(9(11)15)10(13)12-5-8-3-4-14-7(8)2/h6-8H,3-5H2,1-2H3,(H2,11,15)(H,12,13). The molecule has 1 heterocycles. The summed E-state index contributed by atoms with van der Waals surface area (Å²) in [4.78, 5) is 11.8. The van der Waals surface area contributed by atoms with Crippen molar-refractivity contribution in [3.05, 3.63) is 0 Å². The number of hydrogen-bond donors (Lipinski definition) is 2. The quantitative estimate of drug-likeness (QED) is 0.688. The first kappa shape index (κ1) is 12.4. The summed E-state index contributed by atoms with van der Waals surface area (Å²) in [6, 6.07) is 0. The lowest BCUT2D eigenvalue weighted by Gasteiger charge is -2.16. The maximum absolute atomic E-state index is 11.5.